The van der Waals surface area contributed by atoms with Crippen molar-refractivity contribution in [2.75, 3.05) is 14.1 Å². The van der Waals surface area contributed by atoms with Crippen LogP contribution in [0.3, 0.4) is 0 Å². The van der Waals surface area contributed by atoms with Crippen LogP contribution in [-0.4, -0.2) is 32.8 Å². The summed E-state index contributed by atoms with van der Waals surface area (Å²) in [6.45, 7) is 3.54. The Labute approximate surface area is 178 Å². The summed E-state index contributed by atoms with van der Waals surface area (Å²) in [7, 11) is -0.974. The molecule has 0 aliphatic heterocycles. The molecule has 0 unspecified atom stereocenters. The first-order chi connectivity index (χ1) is 14.0. The lowest BCUT2D eigenvalue weighted by Gasteiger charge is -2.13. The molecule has 3 aromatic rings. The third-order valence-electron chi connectivity index (χ3n) is 4.81. The van der Waals surface area contributed by atoms with Gasteiger partial charge in [-0.3, -0.25) is 0 Å². The number of hydrogen-bond acceptors (Lipinski definition) is 6. The first-order valence-electron chi connectivity index (χ1n) is 8.94. The van der Waals surface area contributed by atoms with E-state index >= 15 is 0 Å². The first-order valence-corrected chi connectivity index (χ1v) is 10.8. The highest BCUT2D eigenvalue weighted by molar-refractivity contribution is 7.89. The zero-order valence-electron chi connectivity index (χ0n) is 16.9. The molecule has 30 heavy (non-hydrogen) atoms. The van der Waals surface area contributed by atoms with Crippen LogP contribution in [0, 0.1) is 13.8 Å². The van der Waals surface area contributed by atoms with E-state index in [1.807, 2.05) is 19.9 Å². The molecular formula is C21H20ClNO6S. The first kappa shape index (κ1) is 22.0. The number of hydrogen-bond donors (Lipinski definition) is 0. The van der Waals surface area contributed by atoms with E-state index in [0.29, 0.717) is 16.5 Å². The molecule has 0 aliphatic rings. The maximum Gasteiger partial charge on any atom is 0.340 e. The van der Waals surface area contributed by atoms with Crippen molar-refractivity contribution in [1.82, 2.24) is 4.31 Å². The van der Waals surface area contributed by atoms with Gasteiger partial charge in [-0.15, -0.1) is 0 Å². The number of benzene rings is 2. The number of aryl methyl sites for hydroxylation is 2. The molecule has 0 atom stereocenters. The van der Waals surface area contributed by atoms with E-state index in [4.69, 9.17) is 20.8 Å². The van der Waals surface area contributed by atoms with E-state index in [1.165, 1.54) is 38.4 Å². The molecule has 0 saturated heterocycles. The van der Waals surface area contributed by atoms with Crippen LogP contribution < -0.4 is 5.63 Å². The SMILES string of the molecule is Cc1ccc2c(COC(=O)c3cc(S(=O)(=O)N(C)C)ccc3Cl)cc(=O)oc2c1C. The van der Waals surface area contributed by atoms with Crippen LogP contribution in [0.15, 0.2) is 50.5 Å². The average Bonchev–Trinajstić information content (AvgIpc) is 2.69. The Bertz CT molecular complexity index is 1310. The summed E-state index contributed by atoms with van der Waals surface area (Å²) in [6, 6.07) is 8.75. The Morgan fingerprint density at radius 1 is 1.13 bits per heavy atom. The minimum Gasteiger partial charge on any atom is -0.457 e. The molecule has 158 valence electrons. The number of nitrogens with zero attached hydrogens (tertiary/aromatic N) is 1. The molecule has 1 aromatic heterocycles. The summed E-state index contributed by atoms with van der Waals surface area (Å²) < 4.78 is 36.3. The molecule has 0 N–H and O–H groups in total. The summed E-state index contributed by atoms with van der Waals surface area (Å²) in [4.78, 5) is 24.5. The number of fused-ring (bicyclic) bond motifs is 1. The number of halogens is 1. The molecule has 0 spiro atoms. The van der Waals surface area contributed by atoms with E-state index in [-0.39, 0.29) is 22.1 Å². The fraction of sp³-hybridized carbons (Fsp3) is 0.238. The van der Waals surface area contributed by atoms with Crippen LogP contribution in [0.4, 0.5) is 0 Å². The van der Waals surface area contributed by atoms with Gasteiger partial charge in [-0.25, -0.2) is 22.3 Å². The van der Waals surface area contributed by atoms with Crippen LogP contribution >= 0.6 is 11.6 Å². The highest BCUT2D eigenvalue weighted by Gasteiger charge is 2.22. The standard InChI is InChI=1S/C21H20ClNO6S/c1-12-5-7-16-14(9-19(24)29-20(16)13(12)2)11-28-21(25)17-10-15(6-8-18(17)22)30(26,27)23(3)4/h5-10H,11H2,1-4H3. The Balaban J connectivity index is 1.94. The van der Waals surface area contributed by atoms with Crippen LogP contribution in [0.25, 0.3) is 11.0 Å². The highest BCUT2D eigenvalue weighted by atomic mass is 35.5. The number of ether oxygens (including phenoxy) is 1. The smallest absolute Gasteiger partial charge is 0.340 e. The predicted molar refractivity (Wildman–Crippen MR) is 113 cm³/mol. The van der Waals surface area contributed by atoms with Gasteiger partial charge in [0, 0.05) is 31.1 Å². The topological polar surface area (TPSA) is 93.9 Å². The van der Waals surface area contributed by atoms with Crippen LogP contribution in [0.5, 0.6) is 0 Å². The van der Waals surface area contributed by atoms with E-state index in [2.05, 4.69) is 0 Å². The Morgan fingerprint density at radius 3 is 2.50 bits per heavy atom. The Morgan fingerprint density at radius 2 is 1.83 bits per heavy atom. The van der Waals surface area contributed by atoms with Crippen molar-refractivity contribution in [2.45, 2.75) is 25.3 Å². The van der Waals surface area contributed by atoms with Crippen molar-refractivity contribution in [3.05, 3.63) is 74.1 Å². The molecule has 9 heteroatoms. The van der Waals surface area contributed by atoms with E-state index in [1.54, 1.807) is 6.07 Å². The minimum atomic E-state index is -3.75. The number of sulfonamides is 1. The normalized spacial score (nSPS) is 11.8. The maximum atomic E-state index is 12.6. The van der Waals surface area contributed by atoms with Crippen molar-refractivity contribution in [3.8, 4) is 0 Å². The van der Waals surface area contributed by atoms with Crippen LogP contribution in [-0.2, 0) is 21.4 Å². The number of carbonyl (C=O) groups is 1. The molecule has 2 aromatic carbocycles. The zero-order valence-corrected chi connectivity index (χ0v) is 18.4. The molecule has 0 saturated carbocycles. The molecule has 7 nitrogen and oxygen atoms in total. The van der Waals surface area contributed by atoms with Crippen molar-refractivity contribution < 1.29 is 22.4 Å². The molecule has 0 bridgehead atoms. The monoisotopic (exact) mass is 449 g/mol. The highest BCUT2D eigenvalue weighted by Crippen LogP contribution is 2.26. The second-order valence-corrected chi connectivity index (χ2v) is 9.54. The summed E-state index contributed by atoms with van der Waals surface area (Å²) in [5, 5.41) is 0.710. The van der Waals surface area contributed by atoms with Gasteiger partial charge in [-0.1, -0.05) is 23.7 Å². The van der Waals surface area contributed by atoms with Gasteiger partial charge in [0.05, 0.1) is 15.5 Å². The second kappa shape index (κ2) is 8.22. The van der Waals surface area contributed by atoms with Gasteiger partial charge in [-0.05, 0) is 43.2 Å². The third kappa shape index (κ3) is 4.12. The number of rotatable bonds is 5. The second-order valence-electron chi connectivity index (χ2n) is 6.98. The van der Waals surface area contributed by atoms with Crippen molar-refractivity contribution >= 4 is 38.6 Å². The number of esters is 1. The molecule has 0 radical (unpaired) electrons. The van der Waals surface area contributed by atoms with Gasteiger partial charge in [0.1, 0.15) is 12.2 Å². The van der Waals surface area contributed by atoms with Gasteiger partial charge in [0.2, 0.25) is 10.0 Å². The lowest BCUT2D eigenvalue weighted by atomic mass is 10.0. The molecule has 1 heterocycles. The Kier molecular flexibility index (Phi) is 6.03. The quantitative estimate of drug-likeness (QED) is 0.435. The lowest BCUT2D eigenvalue weighted by Crippen LogP contribution is -2.22. The third-order valence-corrected chi connectivity index (χ3v) is 6.95. The predicted octanol–water partition coefficient (Wildman–Crippen LogP) is 3.67. The van der Waals surface area contributed by atoms with E-state index in [9.17, 15) is 18.0 Å². The van der Waals surface area contributed by atoms with Gasteiger partial charge in [-0.2, -0.15) is 0 Å². The molecule has 0 aliphatic carbocycles. The zero-order chi connectivity index (χ0) is 22.2. The summed E-state index contributed by atoms with van der Waals surface area (Å²) in [5.41, 5.74) is 2.06. The minimum absolute atomic E-state index is 0.0570. The fourth-order valence-electron chi connectivity index (χ4n) is 2.90. The van der Waals surface area contributed by atoms with Crippen LogP contribution in [0.2, 0.25) is 5.02 Å². The maximum absolute atomic E-state index is 12.6. The summed E-state index contributed by atoms with van der Waals surface area (Å²) in [5.74, 6) is -0.805. The van der Waals surface area contributed by atoms with Gasteiger partial charge in [0.15, 0.2) is 0 Å². The number of carbonyl (C=O) groups excluding carboxylic acids is 1. The van der Waals surface area contributed by atoms with Crippen LogP contribution in [0.1, 0.15) is 27.0 Å². The average molecular weight is 450 g/mol. The van der Waals surface area contributed by atoms with Crippen molar-refractivity contribution in [2.24, 2.45) is 0 Å². The fourth-order valence-corrected chi connectivity index (χ4v) is 4.02. The molecule has 0 amide bonds. The molecular weight excluding hydrogens is 430 g/mol. The van der Waals surface area contributed by atoms with Gasteiger partial charge >= 0.3 is 11.6 Å². The largest absolute Gasteiger partial charge is 0.457 e. The van der Waals surface area contributed by atoms with E-state index in [0.717, 1.165) is 15.4 Å². The van der Waals surface area contributed by atoms with Crippen molar-refractivity contribution in [1.29, 1.82) is 0 Å². The molecule has 3 rings (SSSR count). The van der Waals surface area contributed by atoms with Gasteiger partial charge < -0.3 is 9.15 Å². The summed E-state index contributed by atoms with van der Waals surface area (Å²) >= 11 is 6.09. The Hall–Kier alpha value is -2.68. The van der Waals surface area contributed by atoms with Gasteiger partial charge in [0.25, 0.3) is 0 Å². The summed E-state index contributed by atoms with van der Waals surface area (Å²) in [6.07, 6.45) is 0. The lowest BCUT2D eigenvalue weighted by molar-refractivity contribution is 0.0473. The van der Waals surface area contributed by atoms with Crippen molar-refractivity contribution in [3.63, 3.8) is 0 Å². The van der Waals surface area contributed by atoms with E-state index < -0.39 is 21.6 Å². The molecule has 0 fully saturated rings.